The molecule has 0 saturated carbocycles. The summed E-state index contributed by atoms with van der Waals surface area (Å²) >= 11 is 0. The lowest BCUT2D eigenvalue weighted by molar-refractivity contribution is -0.139. The van der Waals surface area contributed by atoms with Gasteiger partial charge in [-0.25, -0.2) is 9.37 Å². The normalized spacial score (nSPS) is 15.4. The van der Waals surface area contributed by atoms with Gasteiger partial charge in [0.05, 0.1) is 18.3 Å². The number of pyridine rings is 1. The molecule has 4 aromatic rings. The molecule has 0 radical (unpaired) electrons. The molecule has 1 N–H and O–H groups in total. The highest BCUT2D eigenvalue weighted by Gasteiger charge is 2.34. The highest BCUT2D eigenvalue weighted by molar-refractivity contribution is 5.80. The first-order valence-corrected chi connectivity index (χ1v) is 11.2. The number of aromatic nitrogens is 2. The highest BCUT2D eigenvalue weighted by Crippen LogP contribution is 2.32. The van der Waals surface area contributed by atoms with Crippen molar-refractivity contribution >= 4 is 17.0 Å². The van der Waals surface area contributed by atoms with Gasteiger partial charge in [-0.1, -0.05) is 30.3 Å². The second-order valence-electron chi connectivity index (χ2n) is 8.27. The molecule has 0 spiro atoms. The topological polar surface area (TPSA) is 71.3 Å². The zero-order valence-corrected chi connectivity index (χ0v) is 18.2. The van der Waals surface area contributed by atoms with Gasteiger partial charge in [-0.15, -0.1) is 0 Å². The Morgan fingerprint density at radius 1 is 1.06 bits per heavy atom. The molecular formula is C26H25FN4O2. The van der Waals surface area contributed by atoms with Gasteiger partial charge < -0.3 is 14.6 Å². The van der Waals surface area contributed by atoms with Crippen LogP contribution in [0.1, 0.15) is 36.0 Å². The van der Waals surface area contributed by atoms with E-state index in [2.05, 4.69) is 15.3 Å². The maximum atomic E-state index is 13.9. The van der Waals surface area contributed by atoms with Crippen molar-refractivity contribution in [2.24, 2.45) is 5.92 Å². The Kier molecular flexibility index (Phi) is 6.13. The van der Waals surface area contributed by atoms with E-state index in [9.17, 15) is 9.18 Å². The fourth-order valence-corrected chi connectivity index (χ4v) is 4.43. The molecule has 1 fully saturated rings. The number of hydrogen-bond donors (Lipinski definition) is 1. The third kappa shape index (κ3) is 4.64. The van der Waals surface area contributed by atoms with Gasteiger partial charge in [-0.3, -0.25) is 9.78 Å². The Bertz CT molecular complexity index is 1190. The molecule has 1 atom stereocenters. The molecule has 5 rings (SSSR count). The summed E-state index contributed by atoms with van der Waals surface area (Å²) in [7, 11) is 0. The predicted molar refractivity (Wildman–Crippen MR) is 123 cm³/mol. The number of fused-ring (bicyclic) bond motifs is 1. The molecule has 2 aromatic carbocycles. The number of amides is 1. The lowest BCUT2D eigenvalue weighted by atomic mass is 9.93. The number of carbonyl (C=O) groups is 1. The lowest BCUT2D eigenvalue weighted by Crippen LogP contribution is -2.43. The number of nitrogens with one attached hydrogen (secondary N) is 1. The number of carbonyl (C=O) groups excluding carboxylic acids is 1. The standard InChI is InChI=1S/C26H25FN4O2/c27-20-10-8-18(9-11-20)25(22-6-3-4-14-29-22)31(26(32)19-12-15-28-16-13-19)17-24-30-21-5-1-2-7-23(21)33-24/h1-11,14,19,25,28H,12-13,15-17H2. The van der Waals surface area contributed by atoms with E-state index in [1.54, 1.807) is 23.2 Å². The highest BCUT2D eigenvalue weighted by atomic mass is 19.1. The van der Waals surface area contributed by atoms with Crippen LogP contribution in [-0.2, 0) is 11.3 Å². The Morgan fingerprint density at radius 2 is 1.82 bits per heavy atom. The van der Waals surface area contributed by atoms with Gasteiger partial charge >= 0.3 is 0 Å². The van der Waals surface area contributed by atoms with Crippen molar-refractivity contribution in [3.8, 4) is 0 Å². The van der Waals surface area contributed by atoms with Gasteiger partial charge in [0, 0.05) is 12.1 Å². The molecule has 1 aliphatic heterocycles. The van der Waals surface area contributed by atoms with Crippen molar-refractivity contribution in [1.29, 1.82) is 0 Å². The number of para-hydroxylation sites is 2. The Labute approximate surface area is 191 Å². The second-order valence-corrected chi connectivity index (χ2v) is 8.27. The molecule has 1 amide bonds. The van der Waals surface area contributed by atoms with E-state index in [0.717, 1.165) is 37.0 Å². The fraction of sp³-hybridized carbons (Fsp3) is 0.269. The van der Waals surface area contributed by atoms with E-state index in [0.29, 0.717) is 17.2 Å². The number of oxazole rings is 1. The third-order valence-corrected chi connectivity index (χ3v) is 6.08. The maximum Gasteiger partial charge on any atom is 0.227 e. The Morgan fingerprint density at radius 3 is 2.55 bits per heavy atom. The minimum Gasteiger partial charge on any atom is -0.439 e. The van der Waals surface area contributed by atoms with Crippen LogP contribution in [0.15, 0.2) is 77.3 Å². The van der Waals surface area contributed by atoms with E-state index in [-0.39, 0.29) is 24.2 Å². The van der Waals surface area contributed by atoms with Gasteiger partial charge in [0.1, 0.15) is 11.3 Å². The van der Waals surface area contributed by atoms with Crippen molar-refractivity contribution in [3.05, 3.63) is 95.9 Å². The number of nitrogens with zero attached hydrogens (tertiary/aromatic N) is 3. The molecule has 6 nitrogen and oxygen atoms in total. The number of halogens is 1. The molecule has 33 heavy (non-hydrogen) atoms. The van der Waals surface area contributed by atoms with Crippen molar-refractivity contribution in [2.75, 3.05) is 13.1 Å². The molecule has 2 aromatic heterocycles. The van der Waals surface area contributed by atoms with Crippen molar-refractivity contribution in [1.82, 2.24) is 20.2 Å². The minimum absolute atomic E-state index is 0.0266. The van der Waals surface area contributed by atoms with Gasteiger partial charge in [0.25, 0.3) is 0 Å². The van der Waals surface area contributed by atoms with Crippen LogP contribution in [0.25, 0.3) is 11.1 Å². The molecular weight excluding hydrogens is 419 g/mol. The SMILES string of the molecule is O=C(C1CCNCC1)N(Cc1nc2ccccc2o1)C(c1ccc(F)cc1)c1ccccn1. The number of hydrogen-bond acceptors (Lipinski definition) is 5. The van der Waals surface area contributed by atoms with E-state index in [1.807, 2.05) is 42.5 Å². The number of rotatable bonds is 6. The predicted octanol–water partition coefficient (Wildman–Crippen LogP) is 4.48. The van der Waals surface area contributed by atoms with Crippen LogP contribution in [0.5, 0.6) is 0 Å². The Hall–Kier alpha value is -3.58. The van der Waals surface area contributed by atoms with Crippen LogP contribution in [0.2, 0.25) is 0 Å². The van der Waals surface area contributed by atoms with Crippen LogP contribution in [0.4, 0.5) is 4.39 Å². The minimum atomic E-state index is -0.496. The second kappa shape index (κ2) is 9.50. The van der Waals surface area contributed by atoms with Crippen molar-refractivity contribution < 1.29 is 13.6 Å². The monoisotopic (exact) mass is 444 g/mol. The van der Waals surface area contributed by atoms with Crippen LogP contribution < -0.4 is 5.32 Å². The van der Waals surface area contributed by atoms with Gasteiger partial charge in [-0.05, 0) is 67.9 Å². The average Bonchev–Trinajstić information content (AvgIpc) is 3.28. The molecule has 1 aliphatic rings. The summed E-state index contributed by atoms with van der Waals surface area (Å²) in [4.78, 5) is 24.9. The summed E-state index contributed by atoms with van der Waals surface area (Å²) in [6, 6.07) is 18.9. The van der Waals surface area contributed by atoms with Gasteiger partial charge in [-0.2, -0.15) is 0 Å². The molecule has 168 valence electrons. The number of benzene rings is 2. The van der Waals surface area contributed by atoms with E-state index in [4.69, 9.17) is 4.42 Å². The molecule has 1 saturated heterocycles. The first-order chi connectivity index (χ1) is 16.2. The average molecular weight is 445 g/mol. The lowest BCUT2D eigenvalue weighted by Gasteiger charge is -2.35. The third-order valence-electron chi connectivity index (χ3n) is 6.08. The van der Waals surface area contributed by atoms with Gasteiger partial charge in [0.2, 0.25) is 11.8 Å². The van der Waals surface area contributed by atoms with Crippen LogP contribution in [-0.4, -0.2) is 33.9 Å². The van der Waals surface area contributed by atoms with E-state index in [1.165, 1.54) is 12.1 Å². The molecule has 1 unspecified atom stereocenters. The summed E-state index contributed by atoms with van der Waals surface area (Å²) in [6.45, 7) is 1.80. The first-order valence-electron chi connectivity index (χ1n) is 11.2. The zero-order valence-electron chi connectivity index (χ0n) is 18.2. The van der Waals surface area contributed by atoms with Crippen molar-refractivity contribution in [2.45, 2.75) is 25.4 Å². The van der Waals surface area contributed by atoms with Crippen LogP contribution in [0.3, 0.4) is 0 Å². The Balaban J connectivity index is 1.58. The quantitative estimate of drug-likeness (QED) is 0.475. The zero-order chi connectivity index (χ0) is 22.6. The van der Waals surface area contributed by atoms with E-state index < -0.39 is 6.04 Å². The molecule has 0 bridgehead atoms. The molecule has 3 heterocycles. The van der Waals surface area contributed by atoms with E-state index >= 15 is 0 Å². The largest absolute Gasteiger partial charge is 0.439 e. The fourth-order valence-electron chi connectivity index (χ4n) is 4.43. The molecule has 0 aliphatic carbocycles. The van der Waals surface area contributed by atoms with Crippen LogP contribution >= 0.6 is 0 Å². The maximum absolute atomic E-state index is 13.9. The summed E-state index contributed by atoms with van der Waals surface area (Å²) in [5, 5.41) is 3.32. The smallest absolute Gasteiger partial charge is 0.227 e. The van der Waals surface area contributed by atoms with Gasteiger partial charge in [0.15, 0.2) is 5.58 Å². The number of piperidine rings is 1. The molecule has 7 heteroatoms. The summed E-state index contributed by atoms with van der Waals surface area (Å²) in [6.07, 6.45) is 3.24. The summed E-state index contributed by atoms with van der Waals surface area (Å²) in [5.74, 6) is 0.0521. The van der Waals surface area contributed by atoms with Crippen molar-refractivity contribution in [3.63, 3.8) is 0 Å². The summed E-state index contributed by atoms with van der Waals surface area (Å²) in [5.41, 5.74) is 2.92. The van der Waals surface area contributed by atoms with Crippen LogP contribution in [0, 0.1) is 11.7 Å². The summed E-state index contributed by atoms with van der Waals surface area (Å²) < 4.78 is 19.7. The first kappa shape index (κ1) is 21.3.